The van der Waals surface area contributed by atoms with Crippen LogP contribution in [0.1, 0.15) is 34.9 Å². The van der Waals surface area contributed by atoms with Gasteiger partial charge in [0.25, 0.3) is 0 Å². The number of hydrogen-bond donors (Lipinski definition) is 0. The highest BCUT2D eigenvalue weighted by molar-refractivity contribution is 6.17. The molecule has 31 heavy (non-hydrogen) atoms. The molecule has 0 bridgehead atoms. The van der Waals surface area contributed by atoms with Gasteiger partial charge in [-0.25, -0.2) is 4.57 Å². The average Bonchev–Trinajstić information content (AvgIpc) is 3.38. The van der Waals surface area contributed by atoms with Gasteiger partial charge in [-0.05, 0) is 51.2 Å². The first-order valence-corrected chi connectivity index (χ1v) is 9.79. The molecule has 0 aliphatic heterocycles. The molecule has 4 heteroatoms. The molecule has 0 unspecified atom stereocenters. The molecular weight excluding hydrogens is 384 g/mol. The Morgan fingerprint density at radius 3 is 2.48 bits per heavy atom. The summed E-state index contributed by atoms with van der Waals surface area (Å²) in [5.41, 5.74) is 2.04. The van der Waals surface area contributed by atoms with Crippen LogP contribution >= 0.6 is 0 Å². The zero-order chi connectivity index (χ0) is 28.9. The van der Waals surface area contributed by atoms with Crippen molar-refractivity contribution >= 4 is 43.9 Å². The summed E-state index contributed by atoms with van der Waals surface area (Å²) in [5, 5.41) is 2.41. The Morgan fingerprint density at radius 2 is 1.65 bits per heavy atom. The van der Waals surface area contributed by atoms with E-state index in [1.165, 1.54) is 16.8 Å². The molecule has 0 saturated carbocycles. The number of rotatable bonds is 1. The van der Waals surface area contributed by atoms with Crippen molar-refractivity contribution in [1.29, 1.82) is 0 Å². The fourth-order valence-corrected chi connectivity index (χ4v) is 4.37. The smallest absolute Gasteiger partial charge is 0.218 e. The third-order valence-corrected chi connectivity index (χ3v) is 5.82. The Balaban J connectivity index is 1.76. The molecule has 6 rings (SSSR count). The van der Waals surface area contributed by atoms with Crippen LogP contribution in [-0.4, -0.2) is 4.98 Å². The monoisotopic (exact) mass is 416 g/mol. The number of para-hydroxylation sites is 1. The van der Waals surface area contributed by atoms with E-state index in [0.717, 1.165) is 10.8 Å². The third-order valence-electron chi connectivity index (χ3n) is 5.82. The summed E-state index contributed by atoms with van der Waals surface area (Å²) in [6.07, 6.45) is 1.27. The molecule has 6 aromatic rings. The molecule has 4 nitrogen and oxygen atoms in total. The van der Waals surface area contributed by atoms with Crippen molar-refractivity contribution < 1.29 is 25.7 Å². The lowest BCUT2D eigenvalue weighted by atomic mass is 10.0. The number of aryl methyl sites for hydroxylation is 5. The summed E-state index contributed by atoms with van der Waals surface area (Å²) in [6, 6.07) is 12.4. The number of pyridine rings is 2. The summed E-state index contributed by atoms with van der Waals surface area (Å²) in [7, 11) is 1.60. The molecule has 4 aromatic heterocycles. The van der Waals surface area contributed by atoms with Crippen molar-refractivity contribution in [1.82, 2.24) is 4.98 Å². The quantitative estimate of drug-likeness (QED) is 0.283. The van der Waals surface area contributed by atoms with E-state index in [9.17, 15) is 0 Å². The predicted octanol–water partition coefficient (Wildman–Crippen LogP) is 6.61. The van der Waals surface area contributed by atoms with Gasteiger partial charge >= 0.3 is 0 Å². The number of hydrogen-bond acceptors (Lipinski definition) is 3. The van der Waals surface area contributed by atoms with Crippen LogP contribution in [0.15, 0.2) is 57.5 Å². The molecule has 0 aliphatic carbocycles. The maximum atomic E-state index is 8.21. The summed E-state index contributed by atoms with van der Waals surface area (Å²) in [6.45, 7) is -6.35. The molecule has 0 N–H and O–H groups in total. The molecule has 0 saturated heterocycles. The van der Waals surface area contributed by atoms with Gasteiger partial charge in [0.1, 0.15) is 29.4 Å². The van der Waals surface area contributed by atoms with Crippen LogP contribution in [0.5, 0.6) is 0 Å². The van der Waals surface area contributed by atoms with Gasteiger partial charge in [0.05, 0.1) is 11.1 Å². The zero-order valence-corrected chi connectivity index (χ0v) is 16.8. The Bertz CT molecular complexity index is 1990. The highest BCUT2D eigenvalue weighted by atomic mass is 16.3. The second-order valence-electron chi connectivity index (χ2n) is 7.77. The third kappa shape index (κ3) is 2.48. The second-order valence-corrected chi connectivity index (χ2v) is 7.77. The minimum Gasteiger partial charge on any atom is -0.456 e. The van der Waals surface area contributed by atoms with Crippen LogP contribution in [0.4, 0.5) is 0 Å². The van der Waals surface area contributed by atoms with E-state index < -0.39 is 20.6 Å². The molecule has 0 spiro atoms. The van der Waals surface area contributed by atoms with Crippen LogP contribution in [0.3, 0.4) is 0 Å². The zero-order valence-electron chi connectivity index (χ0n) is 25.8. The van der Waals surface area contributed by atoms with Crippen LogP contribution < -0.4 is 4.57 Å². The van der Waals surface area contributed by atoms with E-state index in [0.29, 0.717) is 39.1 Å². The molecule has 152 valence electrons. The maximum Gasteiger partial charge on any atom is 0.218 e. The SMILES string of the molecule is [2H]C([2H])([2H])c1cc(-c2c(C)nc(C([2H])([2H])[2H])c3c2oc2cc4c(cc23)oc2ccccc24)[n+](C)cc1C([2H])([2H])[2H]. The lowest BCUT2D eigenvalue weighted by Gasteiger charge is -2.08. The summed E-state index contributed by atoms with van der Waals surface area (Å²) >= 11 is 0. The van der Waals surface area contributed by atoms with Gasteiger partial charge in [-0.1, -0.05) is 18.2 Å². The molecule has 4 heterocycles. The molecule has 0 aliphatic rings. The average molecular weight is 417 g/mol. The first-order chi connectivity index (χ1) is 18.6. The van der Waals surface area contributed by atoms with E-state index in [2.05, 4.69) is 4.98 Å². The Morgan fingerprint density at radius 1 is 0.839 bits per heavy atom. The maximum absolute atomic E-state index is 8.21. The van der Waals surface area contributed by atoms with Crippen molar-refractivity contribution in [3.8, 4) is 11.3 Å². The van der Waals surface area contributed by atoms with Crippen molar-refractivity contribution in [3.05, 3.63) is 71.2 Å². The molecule has 0 radical (unpaired) electrons. The second kappa shape index (κ2) is 6.17. The van der Waals surface area contributed by atoms with E-state index in [4.69, 9.17) is 21.2 Å². The molecule has 0 amide bonds. The number of aromatic nitrogens is 2. The van der Waals surface area contributed by atoms with E-state index in [1.54, 1.807) is 26.1 Å². The number of benzene rings is 2. The van der Waals surface area contributed by atoms with Crippen molar-refractivity contribution in [2.75, 3.05) is 0 Å². The normalized spacial score (nSPS) is 17.5. The van der Waals surface area contributed by atoms with Gasteiger partial charge in [0.15, 0.2) is 11.8 Å². The Hall–Kier alpha value is -3.66. The lowest BCUT2D eigenvalue weighted by molar-refractivity contribution is -0.660. The number of furan rings is 2. The van der Waals surface area contributed by atoms with E-state index in [1.807, 2.05) is 24.3 Å². The molecule has 2 aromatic carbocycles. The van der Waals surface area contributed by atoms with Crippen LogP contribution in [0.25, 0.3) is 55.1 Å². The standard InChI is InChI=1S/C27H23N2O2/c1-14-10-21(29(5)13-15(14)2)26-17(4)28-16(3)25-20-12-23-19(11-24(20)31-27(25)26)18-8-6-7-9-22(18)30-23/h6-13H,1-5H3/q+1/i1D3,2D3,3D3. The summed E-state index contributed by atoms with van der Waals surface area (Å²) in [4.78, 5) is 4.48. The van der Waals surface area contributed by atoms with Gasteiger partial charge in [-0.2, -0.15) is 0 Å². The van der Waals surface area contributed by atoms with E-state index in [-0.39, 0.29) is 27.8 Å². The number of fused-ring (bicyclic) bond motifs is 6. The van der Waals surface area contributed by atoms with Gasteiger partial charge in [0.2, 0.25) is 5.69 Å². The first kappa shape index (κ1) is 11.1. The van der Waals surface area contributed by atoms with Crippen molar-refractivity contribution in [2.45, 2.75) is 27.5 Å². The van der Waals surface area contributed by atoms with Crippen LogP contribution in [-0.2, 0) is 7.05 Å². The largest absolute Gasteiger partial charge is 0.456 e. The topological polar surface area (TPSA) is 43.1 Å². The fraction of sp³-hybridized carbons (Fsp3) is 0.185. The van der Waals surface area contributed by atoms with E-state index >= 15 is 0 Å². The minimum absolute atomic E-state index is 0.157. The van der Waals surface area contributed by atoms with Crippen molar-refractivity contribution in [3.63, 3.8) is 0 Å². The van der Waals surface area contributed by atoms with Gasteiger partial charge in [-0.3, -0.25) is 4.98 Å². The lowest BCUT2D eigenvalue weighted by Crippen LogP contribution is -2.31. The highest BCUT2D eigenvalue weighted by Gasteiger charge is 2.24. The fourth-order valence-electron chi connectivity index (χ4n) is 4.37. The first-order valence-electron chi connectivity index (χ1n) is 14.3. The Kier molecular flexibility index (Phi) is 2.21. The highest BCUT2D eigenvalue weighted by Crippen LogP contribution is 2.41. The predicted molar refractivity (Wildman–Crippen MR) is 124 cm³/mol. The summed E-state index contributed by atoms with van der Waals surface area (Å²) in [5.74, 6) is 0. The van der Waals surface area contributed by atoms with Gasteiger partial charge < -0.3 is 8.83 Å². The van der Waals surface area contributed by atoms with Gasteiger partial charge in [-0.15, -0.1) is 0 Å². The number of nitrogens with zero attached hydrogens (tertiary/aromatic N) is 2. The van der Waals surface area contributed by atoms with Gasteiger partial charge in [0, 0.05) is 45.8 Å². The Labute approximate surface area is 192 Å². The molecule has 0 fully saturated rings. The van der Waals surface area contributed by atoms with Crippen LogP contribution in [0.2, 0.25) is 0 Å². The van der Waals surface area contributed by atoms with Crippen molar-refractivity contribution in [2.24, 2.45) is 7.05 Å². The van der Waals surface area contributed by atoms with Crippen LogP contribution in [0, 0.1) is 27.5 Å². The minimum atomic E-state index is -2.72. The molecular formula is C27H23N2O2+. The summed E-state index contributed by atoms with van der Waals surface area (Å²) < 4.78 is 86.3. The molecule has 0 atom stereocenters.